The molecule has 112 valence electrons. The van der Waals surface area contributed by atoms with Crippen LogP contribution >= 0.6 is 27.5 Å². The average molecular weight is 378 g/mol. The van der Waals surface area contributed by atoms with Crippen molar-refractivity contribution < 1.29 is 0 Å². The van der Waals surface area contributed by atoms with E-state index in [1.165, 1.54) is 4.57 Å². The summed E-state index contributed by atoms with van der Waals surface area (Å²) in [5, 5.41) is 0.713. The molecule has 1 heterocycles. The lowest BCUT2D eigenvalue weighted by Crippen LogP contribution is -2.22. The minimum atomic E-state index is -0.163. The molecular formula is C17H14BrClN2O. The predicted molar refractivity (Wildman–Crippen MR) is 94.1 cm³/mol. The maximum Gasteiger partial charge on any atom is 0.266 e. The Balaban J connectivity index is 2.39. The third-order valence-electron chi connectivity index (χ3n) is 3.59. The molecule has 2 aromatic carbocycles. The molecule has 0 saturated carbocycles. The summed E-state index contributed by atoms with van der Waals surface area (Å²) in [6, 6.07) is 13.2. The molecule has 0 aliphatic rings. The van der Waals surface area contributed by atoms with E-state index in [2.05, 4.69) is 34.8 Å². The van der Waals surface area contributed by atoms with Crippen molar-refractivity contribution in [3.05, 3.63) is 68.1 Å². The Morgan fingerprint density at radius 3 is 2.64 bits per heavy atom. The van der Waals surface area contributed by atoms with Gasteiger partial charge in [0.25, 0.3) is 5.56 Å². The van der Waals surface area contributed by atoms with Crippen LogP contribution in [0.15, 0.2) is 51.7 Å². The molecule has 0 saturated heterocycles. The van der Waals surface area contributed by atoms with Gasteiger partial charge in [-0.1, -0.05) is 48.0 Å². The first-order chi connectivity index (χ1) is 10.5. The standard InChI is InChI=1S/C17H14BrClN2O/c1-10(2)12-5-3-4-6-15(12)21-16(22)13-9-11(18)7-8-14(13)20-17(21)19/h3-10H,1-2H3. The number of aromatic nitrogens is 2. The van der Waals surface area contributed by atoms with Crippen LogP contribution in [-0.4, -0.2) is 9.55 Å². The Morgan fingerprint density at radius 1 is 1.18 bits per heavy atom. The highest BCUT2D eigenvalue weighted by Gasteiger charge is 2.15. The third-order valence-corrected chi connectivity index (χ3v) is 4.34. The minimum absolute atomic E-state index is 0.163. The molecule has 0 bridgehead atoms. The summed E-state index contributed by atoms with van der Waals surface area (Å²) in [5.41, 5.74) is 2.27. The molecule has 0 aliphatic heterocycles. The van der Waals surface area contributed by atoms with Crippen LogP contribution in [-0.2, 0) is 0 Å². The van der Waals surface area contributed by atoms with Crippen LogP contribution < -0.4 is 5.56 Å². The number of halogens is 2. The fraction of sp³-hybridized carbons (Fsp3) is 0.176. The maximum atomic E-state index is 12.9. The van der Waals surface area contributed by atoms with Gasteiger partial charge >= 0.3 is 0 Å². The first kappa shape index (κ1) is 15.3. The molecule has 5 heteroatoms. The van der Waals surface area contributed by atoms with Crippen molar-refractivity contribution in [3.8, 4) is 5.69 Å². The van der Waals surface area contributed by atoms with Crippen LogP contribution in [0.5, 0.6) is 0 Å². The highest BCUT2D eigenvalue weighted by molar-refractivity contribution is 9.10. The first-order valence-corrected chi connectivity index (χ1v) is 8.13. The number of benzene rings is 2. The Kier molecular flexibility index (Phi) is 4.06. The van der Waals surface area contributed by atoms with Crippen molar-refractivity contribution in [2.45, 2.75) is 19.8 Å². The van der Waals surface area contributed by atoms with Crippen molar-refractivity contribution in [3.63, 3.8) is 0 Å². The van der Waals surface area contributed by atoms with Gasteiger partial charge in [-0.05, 0) is 47.3 Å². The summed E-state index contributed by atoms with van der Waals surface area (Å²) in [4.78, 5) is 17.3. The lowest BCUT2D eigenvalue weighted by molar-refractivity contribution is 0.835. The van der Waals surface area contributed by atoms with Gasteiger partial charge in [0, 0.05) is 4.47 Å². The first-order valence-electron chi connectivity index (χ1n) is 6.96. The zero-order chi connectivity index (χ0) is 15.9. The van der Waals surface area contributed by atoms with Gasteiger partial charge in [0.2, 0.25) is 5.28 Å². The molecule has 0 fully saturated rings. The normalized spacial score (nSPS) is 11.3. The molecule has 3 nitrogen and oxygen atoms in total. The molecule has 3 aromatic rings. The Morgan fingerprint density at radius 2 is 1.91 bits per heavy atom. The highest BCUT2D eigenvalue weighted by Crippen LogP contribution is 2.25. The molecule has 1 aromatic heterocycles. The summed E-state index contributed by atoms with van der Waals surface area (Å²) in [6.07, 6.45) is 0. The van der Waals surface area contributed by atoms with Crippen molar-refractivity contribution in [1.29, 1.82) is 0 Å². The number of nitrogens with zero attached hydrogens (tertiary/aromatic N) is 2. The zero-order valence-electron chi connectivity index (χ0n) is 12.2. The average Bonchev–Trinajstić information content (AvgIpc) is 2.48. The molecule has 0 radical (unpaired) electrons. The number of rotatable bonds is 2. The van der Waals surface area contributed by atoms with Gasteiger partial charge in [-0.3, -0.25) is 9.36 Å². The van der Waals surface area contributed by atoms with E-state index in [0.29, 0.717) is 10.9 Å². The van der Waals surface area contributed by atoms with E-state index >= 15 is 0 Å². The number of hydrogen-bond donors (Lipinski definition) is 0. The second-order valence-electron chi connectivity index (χ2n) is 5.40. The van der Waals surface area contributed by atoms with Gasteiger partial charge in [-0.15, -0.1) is 0 Å². The number of fused-ring (bicyclic) bond motifs is 1. The second-order valence-corrected chi connectivity index (χ2v) is 6.65. The lowest BCUT2D eigenvalue weighted by Gasteiger charge is -2.16. The van der Waals surface area contributed by atoms with Crippen LogP contribution in [0.2, 0.25) is 5.28 Å². The largest absolute Gasteiger partial charge is 0.268 e. The molecular weight excluding hydrogens is 364 g/mol. The summed E-state index contributed by atoms with van der Waals surface area (Å²) in [6.45, 7) is 4.17. The van der Waals surface area contributed by atoms with E-state index in [1.54, 1.807) is 12.1 Å². The SMILES string of the molecule is CC(C)c1ccccc1-n1c(Cl)nc2ccc(Br)cc2c1=O. The van der Waals surface area contributed by atoms with Crippen LogP contribution in [0.1, 0.15) is 25.3 Å². The fourth-order valence-electron chi connectivity index (χ4n) is 2.52. The van der Waals surface area contributed by atoms with Crippen LogP contribution in [0.25, 0.3) is 16.6 Å². The molecule has 22 heavy (non-hydrogen) atoms. The molecule has 0 amide bonds. The highest BCUT2D eigenvalue weighted by atomic mass is 79.9. The fourth-order valence-corrected chi connectivity index (χ4v) is 3.14. The van der Waals surface area contributed by atoms with E-state index in [0.717, 1.165) is 15.7 Å². The second kappa shape index (κ2) is 5.86. The monoisotopic (exact) mass is 376 g/mol. The van der Waals surface area contributed by atoms with Crippen molar-refractivity contribution in [2.75, 3.05) is 0 Å². The number of hydrogen-bond acceptors (Lipinski definition) is 2. The predicted octanol–water partition coefficient (Wildman–Crippen LogP) is 4.93. The smallest absolute Gasteiger partial charge is 0.266 e. The molecule has 0 N–H and O–H groups in total. The van der Waals surface area contributed by atoms with E-state index in [1.807, 2.05) is 30.3 Å². The molecule has 3 rings (SSSR count). The van der Waals surface area contributed by atoms with E-state index in [-0.39, 0.29) is 16.8 Å². The Labute approximate surface area is 141 Å². The Bertz CT molecular complexity index is 918. The van der Waals surface area contributed by atoms with Gasteiger partial charge in [-0.25, -0.2) is 4.98 Å². The third kappa shape index (κ3) is 2.57. The van der Waals surface area contributed by atoms with E-state index in [9.17, 15) is 4.79 Å². The minimum Gasteiger partial charge on any atom is -0.268 e. The van der Waals surface area contributed by atoms with Crippen molar-refractivity contribution >= 4 is 38.4 Å². The molecule has 0 unspecified atom stereocenters. The van der Waals surface area contributed by atoms with E-state index in [4.69, 9.17) is 11.6 Å². The van der Waals surface area contributed by atoms with Crippen molar-refractivity contribution in [2.24, 2.45) is 0 Å². The quantitative estimate of drug-likeness (QED) is 0.594. The zero-order valence-corrected chi connectivity index (χ0v) is 14.5. The summed E-state index contributed by atoms with van der Waals surface area (Å²) in [5.74, 6) is 0.275. The summed E-state index contributed by atoms with van der Waals surface area (Å²) >= 11 is 9.69. The van der Waals surface area contributed by atoms with Gasteiger partial charge in [0.05, 0.1) is 16.6 Å². The molecule has 0 spiro atoms. The van der Waals surface area contributed by atoms with Crippen LogP contribution in [0, 0.1) is 0 Å². The van der Waals surface area contributed by atoms with Crippen LogP contribution in [0.3, 0.4) is 0 Å². The van der Waals surface area contributed by atoms with Gasteiger partial charge < -0.3 is 0 Å². The van der Waals surface area contributed by atoms with Gasteiger partial charge in [0.1, 0.15) is 0 Å². The van der Waals surface area contributed by atoms with E-state index < -0.39 is 0 Å². The van der Waals surface area contributed by atoms with Gasteiger partial charge in [-0.2, -0.15) is 0 Å². The van der Waals surface area contributed by atoms with Crippen LogP contribution in [0.4, 0.5) is 0 Å². The van der Waals surface area contributed by atoms with Gasteiger partial charge in [0.15, 0.2) is 0 Å². The maximum absolute atomic E-state index is 12.9. The number of para-hydroxylation sites is 1. The summed E-state index contributed by atoms with van der Waals surface area (Å²) in [7, 11) is 0. The molecule has 0 atom stereocenters. The Hall–Kier alpha value is -1.65. The lowest BCUT2D eigenvalue weighted by atomic mass is 10.0. The summed E-state index contributed by atoms with van der Waals surface area (Å²) < 4.78 is 2.32. The molecule has 0 aliphatic carbocycles. The van der Waals surface area contributed by atoms with Crippen molar-refractivity contribution in [1.82, 2.24) is 9.55 Å². The topological polar surface area (TPSA) is 34.9 Å².